The van der Waals surface area contributed by atoms with Crippen molar-refractivity contribution in [3.05, 3.63) is 81.5 Å². The predicted molar refractivity (Wildman–Crippen MR) is 108 cm³/mol. The lowest BCUT2D eigenvalue weighted by molar-refractivity contribution is -0.137. The predicted octanol–water partition coefficient (Wildman–Crippen LogP) is 6.82. The summed E-state index contributed by atoms with van der Waals surface area (Å²) in [6, 6.07) is 14.1. The fraction of sp³-hybridized carbons (Fsp3) is 0.0476. The summed E-state index contributed by atoms with van der Waals surface area (Å²) in [6.45, 7) is 0. The molecule has 0 aliphatic heterocycles. The van der Waals surface area contributed by atoms with Crippen LogP contribution in [0.15, 0.2) is 64.6 Å². The largest absolute Gasteiger partial charge is 0.457 e. The van der Waals surface area contributed by atoms with Gasteiger partial charge in [0.2, 0.25) is 0 Å². The average molecular weight is 451 g/mol. The molecule has 0 aliphatic rings. The van der Waals surface area contributed by atoms with E-state index in [-0.39, 0.29) is 5.76 Å². The molecule has 0 bridgehead atoms. The van der Waals surface area contributed by atoms with Crippen molar-refractivity contribution in [3.63, 3.8) is 0 Å². The third kappa shape index (κ3) is 4.85. The van der Waals surface area contributed by atoms with Gasteiger partial charge in [-0.15, -0.1) is 0 Å². The van der Waals surface area contributed by atoms with Crippen LogP contribution >= 0.6 is 23.2 Å². The lowest BCUT2D eigenvalue weighted by Crippen LogP contribution is -2.17. The van der Waals surface area contributed by atoms with Gasteiger partial charge in [-0.3, -0.25) is 4.79 Å². The first kappa shape index (κ1) is 21.5. The summed E-state index contributed by atoms with van der Waals surface area (Å²) in [5, 5.41) is 12.1. The molecule has 0 aliphatic carbocycles. The van der Waals surface area contributed by atoms with Gasteiger partial charge in [0.1, 0.15) is 23.2 Å². The van der Waals surface area contributed by atoms with E-state index < -0.39 is 28.9 Å². The zero-order chi connectivity index (χ0) is 21.9. The van der Waals surface area contributed by atoms with Crippen LogP contribution in [-0.2, 0) is 11.0 Å². The quantitative estimate of drug-likeness (QED) is 0.350. The fourth-order valence-electron chi connectivity index (χ4n) is 2.55. The first-order valence-corrected chi connectivity index (χ1v) is 9.09. The lowest BCUT2D eigenvalue weighted by atomic mass is 10.1. The van der Waals surface area contributed by atoms with Crippen molar-refractivity contribution < 1.29 is 22.4 Å². The molecule has 2 aromatic carbocycles. The Morgan fingerprint density at radius 1 is 1.07 bits per heavy atom. The highest BCUT2D eigenvalue weighted by atomic mass is 35.5. The van der Waals surface area contributed by atoms with E-state index in [0.29, 0.717) is 21.4 Å². The minimum absolute atomic E-state index is 0.159. The van der Waals surface area contributed by atoms with Gasteiger partial charge in [-0.05, 0) is 42.5 Å². The van der Waals surface area contributed by atoms with E-state index in [2.05, 4.69) is 5.32 Å². The van der Waals surface area contributed by atoms with Crippen molar-refractivity contribution in [2.45, 2.75) is 6.18 Å². The Hall–Kier alpha value is -3.21. The molecule has 1 amide bonds. The molecular formula is C21H11Cl2F3N2O2. The number of nitriles is 1. The van der Waals surface area contributed by atoms with E-state index in [9.17, 15) is 23.2 Å². The van der Waals surface area contributed by atoms with Crippen molar-refractivity contribution in [2.75, 3.05) is 5.32 Å². The van der Waals surface area contributed by atoms with Crippen molar-refractivity contribution >= 4 is 40.9 Å². The van der Waals surface area contributed by atoms with Gasteiger partial charge in [0.25, 0.3) is 5.91 Å². The van der Waals surface area contributed by atoms with Crippen LogP contribution in [0.5, 0.6) is 0 Å². The summed E-state index contributed by atoms with van der Waals surface area (Å²) >= 11 is 11.9. The maximum absolute atomic E-state index is 13.1. The average Bonchev–Trinajstić information content (AvgIpc) is 3.16. The smallest absolute Gasteiger partial charge is 0.418 e. The van der Waals surface area contributed by atoms with Crippen molar-refractivity contribution in [3.8, 4) is 17.4 Å². The maximum atomic E-state index is 13.1. The molecule has 0 atom stereocenters. The van der Waals surface area contributed by atoms with Crippen LogP contribution in [0.2, 0.25) is 10.0 Å². The summed E-state index contributed by atoms with van der Waals surface area (Å²) in [5.41, 5.74) is -1.28. The third-order valence-corrected chi connectivity index (χ3v) is 4.70. The zero-order valence-electron chi connectivity index (χ0n) is 14.9. The maximum Gasteiger partial charge on any atom is 0.418 e. The van der Waals surface area contributed by atoms with E-state index in [4.69, 9.17) is 27.6 Å². The number of alkyl halides is 3. The number of rotatable bonds is 4. The van der Waals surface area contributed by atoms with Crippen LogP contribution in [0.3, 0.4) is 0 Å². The van der Waals surface area contributed by atoms with Gasteiger partial charge in [0, 0.05) is 11.6 Å². The number of carbonyl (C=O) groups excluding carboxylic acids is 1. The van der Waals surface area contributed by atoms with Crippen molar-refractivity contribution in [1.29, 1.82) is 5.26 Å². The van der Waals surface area contributed by atoms with Gasteiger partial charge in [-0.25, -0.2) is 0 Å². The monoisotopic (exact) mass is 450 g/mol. The van der Waals surface area contributed by atoms with Crippen LogP contribution in [-0.4, -0.2) is 5.91 Å². The van der Waals surface area contributed by atoms with Crippen LogP contribution in [0.4, 0.5) is 18.9 Å². The van der Waals surface area contributed by atoms with Crippen LogP contribution < -0.4 is 5.32 Å². The van der Waals surface area contributed by atoms with Gasteiger partial charge >= 0.3 is 6.18 Å². The van der Waals surface area contributed by atoms with E-state index >= 15 is 0 Å². The Labute approximate surface area is 179 Å². The molecule has 152 valence electrons. The fourth-order valence-corrected chi connectivity index (χ4v) is 2.85. The van der Waals surface area contributed by atoms with Gasteiger partial charge in [0.05, 0.1) is 21.3 Å². The number of nitrogens with one attached hydrogen (secondary N) is 1. The molecule has 30 heavy (non-hydrogen) atoms. The van der Waals surface area contributed by atoms with Crippen LogP contribution in [0.1, 0.15) is 11.3 Å². The molecule has 0 saturated carbocycles. The molecule has 0 spiro atoms. The van der Waals surface area contributed by atoms with Crippen LogP contribution in [0.25, 0.3) is 17.4 Å². The topological polar surface area (TPSA) is 66.0 Å². The molecule has 9 heteroatoms. The van der Waals surface area contributed by atoms with Crippen LogP contribution in [0, 0.1) is 11.3 Å². The Bertz CT molecular complexity index is 1180. The zero-order valence-corrected chi connectivity index (χ0v) is 16.4. The lowest BCUT2D eigenvalue weighted by Gasteiger charge is -2.13. The number of nitrogens with zero attached hydrogens (tertiary/aromatic N) is 1. The number of hydrogen-bond donors (Lipinski definition) is 1. The summed E-state index contributed by atoms with van der Waals surface area (Å²) in [6.07, 6.45) is -3.53. The number of carbonyl (C=O) groups is 1. The van der Waals surface area contributed by atoms with Gasteiger partial charge in [0.15, 0.2) is 0 Å². The highest BCUT2D eigenvalue weighted by molar-refractivity contribution is 6.42. The minimum Gasteiger partial charge on any atom is -0.457 e. The number of halogens is 5. The van der Waals surface area contributed by atoms with E-state index in [1.54, 1.807) is 30.3 Å². The highest BCUT2D eigenvalue weighted by Gasteiger charge is 2.33. The molecule has 0 fully saturated rings. The molecular weight excluding hydrogens is 440 g/mol. The summed E-state index contributed by atoms with van der Waals surface area (Å²) in [5.74, 6) is -0.437. The number of benzene rings is 2. The Balaban J connectivity index is 1.85. The number of para-hydroxylation sites is 1. The van der Waals surface area contributed by atoms with Gasteiger partial charge in [-0.1, -0.05) is 35.3 Å². The Kier molecular flexibility index (Phi) is 6.20. The standard InChI is InChI=1S/C21H11Cl2F3N2O2/c22-16-7-5-12(10-17(16)23)19-8-6-14(30-19)9-13(11-27)20(29)28-18-4-2-1-3-15(18)21(24,25)26/h1-10H,(H,28,29)/b13-9+. The van der Waals surface area contributed by atoms with E-state index in [1.807, 2.05) is 0 Å². The van der Waals surface area contributed by atoms with E-state index in [1.165, 1.54) is 18.2 Å². The first-order valence-electron chi connectivity index (χ1n) is 8.33. The van der Waals surface area contributed by atoms with Crippen molar-refractivity contribution in [1.82, 2.24) is 0 Å². The Morgan fingerprint density at radius 2 is 1.80 bits per heavy atom. The molecule has 1 N–H and O–H groups in total. The number of amides is 1. The molecule has 3 aromatic rings. The SMILES string of the molecule is N#C/C(=C\c1ccc(-c2ccc(Cl)c(Cl)c2)o1)C(=O)Nc1ccccc1C(F)(F)F. The minimum atomic E-state index is -4.66. The highest BCUT2D eigenvalue weighted by Crippen LogP contribution is 2.35. The molecule has 4 nitrogen and oxygen atoms in total. The van der Waals surface area contributed by atoms with Gasteiger partial charge < -0.3 is 9.73 Å². The molecule has 3 rings (SSSR count). The van der Waals surface area contributed by atoms with E-state index in [0.717, 1.165) is 18.2 Å². The summed E-state index contributed by atoms with van der Waals surface area (Å²) < 4.78 is 44.8. The molecule has 1 heterocycles. The molecule has 1 aromatic heterocycles. The second-order valence-corrected chi connectivity index (χ2v) is 6.81. The molecule has 0 unspecified atom stereocenters. The normalized spacial score (nSPS) is 11.8. The molecule has 0 saturated heterocycles. The summed E-state index contributed by atoms with van der Waals surface area (Å²) in [7, 11) is 0. The number of hydrogen-bond acceptors (Lipinski definition) is 3. The second kappa shape index (κ2) is 8.66. The number of anilines is 1. The first-order chi connectivity index (χ1) is 14.2. The Morgan fingerprint density at radius 3 is 2.47 bits per heavy atom. The van der Waals surface area contributed by atoms with Gasteiger partial charge in [-0.2, -0.15) is 18.4 Å². The molecule has 0 radical (unpaired) electrons. The number of furan rings is 1. The third-order valence-electron chi connectivity index (χ3n) is 3.96. The van der Waals surface area contributed by atoms with Crippen molar-refractivity contribution in [2.24, 2.45) is 0 Å². The summed E-state index contributed by atoms with van der Waals surface area (Å²) in [4.78, 5) is 12.3. The second-order valence-electron chi connectivity index (χ2n) is 6.00.